The van der Waals surface area contributed by atoms with Gasteiger partial charge in [0.15, 0.2) is 11.6 Å². The average Bonchev–Trinajstić information content (AvgIpc) is 2.23. The van der Waals surface area contributed by atoms with E-state index in [1.165, 1.54) is 13.2 Å². The summed E-state index contributed by atoms with van der Waals surface area (Å²) in [5, 5.41) is 0. The zero-order valence-electron chi connectivity index (χ0n) is 8.32. The molecule has 0 fully saturated rings. The first kappa shape index (κ1) is 12.4. The van der Waals surface area contributed by atoms with Gasteiger partial charge in [-0.05, 0) is 41.4 Å². The van der Waals surface area contributed by atoms with Crippen molar-refractivity contribution in [3.63, 3.8) is 0 Å². The lowest BCUT2D eigenvalue weighted by molar-refractivity contribution is 0.376. The lowest BCUT2D eigenvalue weighted by Crippen LogP contribution is -2.04. The molecule has 0 bridgehead atoms. The molecule has 1 rings (SSSR count). The van der Waals surface area contributed by atoms with E-state index >= 15 is 0 Å². The van der Waals surface area contributed by atoms with Crippen LogP contribution in [-0.2, 0) is 6.42 Å². The molecule has 0 saturated heterocycles. The lowest BCUT2D eigenvalue weighted by atomic mass is 10.1. The number of halogens is 3. The minimum atomic E-state index is -0.704. The molecule has 2 nitrogen and oxygen atoms in total. The van der Waals surface area contributed by atoms with Gasteiger partial charge in [0.1, 0.15) is 5.82 Å². The fraction of sp³-hybridized carbons (Fsp3) is 0.400. The Balaban J connectivity index is 3.13. The summed E-state index contributed by atoms with van der Waals surface area (Å²) < 4.78 is 31.4. The molecule has 0 aliphatic heterocycles. The molecule has 0 aliphatic rings. The molecule has 84 valence electrons. The highest BCUT2D eigenvalue weighted by Gasteiger charge is 2.16. The second-order valence-electron chi connectivity index (χ2n) is 3.07. The van der Waals surface area contributed by atoms with E-state index < -0.39 is 11.6 Å². The highest BCUT2D eigenvalue weighted by atomic mass is 79.9. The Morgan fingerprint density at radius 1 is 1.47 bits per heavy atom. The maximum Gasteiger partial charge on any atom is 0.182 e. The van der Waals surface area contributed by atoms with E-state index in [-0.39, 0.29) is 10.2 Å². The average molecular weight is 280 g/mol. The van der Waals surface area contributed by atoms with Gasteiger partial charge in [-0.3, -0.25) is 0 Å². The van der Waals surface area contributed by atoms with Gasteiger partial charge in [0.05, 0.1) is 11.6 Å². The molecule has 0 radical (unpaired) electrons. The Kier molecular flexibility index (Phi) is 4.47. The van der Waals surface area contributed by atoms with Crippen molar-refractivity contribution >= 4 is 15.9 Å². The first-order chi connectivity index (χ1) is 7.11. The van der Waals surface area contributed by atoms with Crippen molar-refractivity contribution in [1.82, 2.24) is 0 Å². The van der Waals surface area contributed by atoms with Crippen LogP contribution in [0.3, 0.4) is 0 Å². The van der Waals surface area contributed by atoms with Crippen LogP contribution >= 0.6 is 15.9 Å². The molecule has 1 aromatic carbocycles. The maximum atomic E-state index is 13.5. The van der Waals surface area contributed by atoms with Crippen LogP contribution in [-0.4, -0.2) is 13.7 Å². The Bertz CT molecular complexity index is 358. The molecule has 15 heavy (non-hydrogen) atoms. The molecule has 1 aromatic rings. The quantitative estimate of drug-likeness (QED) is 0.860. The summed E-state index contributed by atoms with van der Waals surface area (Å²) in [6.07, 6.45) is 1.16. The highest BCUT2D eigenvalue weighted by molar-refractivity contribution is 9.10. The molecule has 0 heterocycles. The van der Waals surface area contributed by atoms with Gasteiger partial charge >= 0.3 is 0 Å². The van der Waals surface area contributed by atoms with Gasteiger partial charge in [0, 0.05) is 5.56 Å². The van der Waals surface area contributed by atoms with Gasteiger partial charge in [0.2, 0.25) is 0 Å². The third-order valence-corrected chi connectivity index (χ3v) is 2.78. The second-order valence-corrected chi connectivity index (χ2v) is 3.86. The van der Waals surface area contributed by atoms with Gasteiger partial charge in [-0.15, -0.1) is 0 Å². The number of benzene rings is 1. The zero-order valence-corrected chi connectivity index (χ0v) is 9.90. The summed E-state index contributed by atoms with van der Waals surface area (Å²) in [5.41, 5.74) is 5.84. The van der Waals surface area contributed by atoms with Crippen molar-refractivity contribution in [3.8, 4) is 5.75 Å². The van der Waals surface area contributed by atoms with E-state index in [1.54, 1.807) is 0 Å². The predicted molar refractivity (Wildman–Crippen MR) is 58.0 cm³/mol. The number of hydrogen-bond donors (Lipinski definition) is 1. The molecule has 0 aliphatic carbocycles. The Labute approximate surface area is 95.5 Å². The normalized spacial score (nSPS) is 10.5. The van der Waals surface area contributed by atoms with Crippen molar-refractivity contribution in [3.05, 3.63) is 27.7 Å². The van der Waals surface area contributed by atoms with Crippen LogP contribution in [0, 0.1) is 11.6 Å². The van der Waals surface area contributed by atoms with E-state index in [0.29, 0.717) is 24.9 Å². The molecule has 5 heteroatoms. The minimum absolute atomic E-state index is 0.0803. The molecule has 0 spiro atoms. The Hall–Kier alpha value is -0.680. The van der Waals surface area contributed by atoms with Gasteiger partial charge in [0.25, 0.3) is 0 Å². The van der Waals surface area contributed by atoms with Crippen LogP contribution in [0.4, 0.5) is 8.78 Å². The summed E-state index contributed by atoms with van der Waals surface area (Å²) in [7, 11) is 1.36. The summed E-state index contributed by atoms with van der Waals surface area (Å²) in [4.78, 5) is 0. The molecular formula is C10H12BrF2NO. The summed E-state index contributed by atoms with van der Waals surface area (Å²) in [5.74, 6) is -1.25. The van der Waals surface area contributed by atoms with Crippen molar-refractivity contribution in [1.29, 1.82) is 0 Å². The summed E-state index contributed by atoms with van der Waals surface area (Å²) in [6.45, 7) is 0.475. The highest BCUT2D eigenvalue weighted by Crippen LogP contribution is 2.32. The molecule has 0 amide bonds. The lowest BCUT2D eigenvalue weighted by Gasteiger charge is -2.10. The summed E-state index contributed by atoms with van der Waals surface area (Å²) >= 11 is 2.82. The van der Waals surface area contributed by atoms with E-state index in [1.807, 2.05) is 0 Å². The standard InChI is InChI=1S/C10H12BrF2NO/c1-15-10-6(3-2-4-14)5-7(12)8(11)9(10)13/h5H,2-4,14H2,1H3. The molecular weight excluding hydrogens is 268 g/mol. The van der Waals surface area contributed by atoms with Crippen molar-refractivity contribution in [2.75, 3.05) is 13.7 Å². The second kappa shape index (κ2) is 5.42. The maximum absolute atomic E-state index is 13.5. The molecule has 0 atom stereocenters. The Morgan fingerprint density at radius 2 is 2.13 bits per heavy atom. The van der Waals surface area contributed by atoms with Crippen LogP contribution in [0.15, 0.2) is 10.5 Å². The number of methoxy groups -OCH3 is 1. The van der Waals surface area contributed by atoms with E-state index in [2.05, 4.69) is 15.9 Å². The van der Waals surface area contributed by atoms with Crippen LogP contribution in [0.1, 0.15) is 12.0 Å². The topological polar surface area (TPSA) is 35.2 Å². The van der Waals surface area contributed by atoms with Crippen molar-refractivity contribution < 1.29 is 13.5 Å². The first-order valence-electron chi connectivity index (χ1n) is 4.52. The number of nitrogens with two attached hydrogens (primary N) is 1. The predicted octanol–water partition coefficient (Wildman–Crippen LogP) is 2.63. The van der Waals surface area contributed by atoms with Gasteiger partial charge in [-0.1, -0.05) is 0 Å². The monoisotopic (exact) mass is 279 g/mol. The van der Waals surface area contributed by atoms with Gasteiger partial charge in [-0.25, -0.2) is 8.78 Å². The SMILES string of the molecule is COc1c(CCCN)cc(F)c(Br)c1F. The van der Waals surface area contributed by atoms with E-state index in [0.717, 1.165) is 0 Å². The first-order valence-corrected chi connectivity index (χ1v) is 5.31. The number of aryl methyl sites for hydroxylation is 1. The Morgan fingerprint density at radius 3 is 2.67 bits per heavy atom. The molecule has 0 aromatic heterocycles. The van der Waals surface area contributed by atoms with Crippen molar-refractivity contribution in [2.45, 2.75) is 12.8 Å². The van der Waals surface area contributed by atoms with Gasteiger partial charge in [-0.2, -0.15) is 0 Å². The van der Waals surface area contributed by atoms with Crippen LogP contribution in [0.2, 0.25) is 0 Å². The molecule has 0 unspecified atom stereocenters. The van der Waals surface area contributed by atoms with E-state index in [4.69, 9.17) is 10.5 Å². The number of hydrogen-bond acceptors (Lipinski definition) is 2. The van der Waals surface area contributed by atoms with Crippen LogP contribution < -0.4 is 10.5 Å². The van der Waals surface area contributed by atoms with Gasteiger partial charge < -0.3 is 10.5 Å². The third-order valence-electron chi connectivity index (χ3n) is 2.05. The minimum Gasteiger partial charge on any atom is -0.493 e. The fourth-order valence-electron chi connectivity index (χ4n) is 1.33. The van der Waals surface area contributed by atoms with Crippen LogP contribution in [0.5, 0.6) is 5.75 Å². The van der Waals surface area contributed by atoms with E-state index in [9.17, 15) is 8.78 Å². The summed E-state index contributed by atoms with van der Waals surface area (Å²) in [6, 6.07) is 1.27. The van der Waals surface area contributed by atoms with Crippen LogP contribution in [0.25, 0.3) is 0 Å². The largest absolute Gasteiger partial charge is 0.493 e. The third kappa shape index (κ3) is 2.66. The smallest absolute Gasteiger partial charge is 0.182 e. The number of rotatable bonds is 4. The van der Waals surface area contributed by atoms with Crippen molar-refractivity contribution in [2.24, 2.45) is 5.73 Å². The number of ether oxygens (including phenoxy) is 1. The zero-order chi connectivity index (χ0) is 11.4. The fourth-order valence-corrected chi connectivity index (χ4v) is 1.62. The molecule has 0 saturated carbocycles. The molecule has 2 N–H and O–H groups in total.